The maximum absolute atomic E-state index is 5.68. The van der Waals surface area contributed by atoms with Gasteiger partial charge >= 0.3 is 0 Å². The average Bonchev–Trinajstić information content (AvgIpc) is 2.91. The second-order valence-electron chi connectivity index (χ2n) is 4.31. The summed E-state index contributed by atoms with van der Waals surface area (Å²) in [6.45, 7) is 4.38. The van der Waals surface area contributed by atoms with Crippen LogP contribution in [0.2, 0.25) is 0 Å². The van der Waals surface area contributed by atoms with E-state index in [1.54, 1.807) is 6.26 Å². The smallest absolute Gasteiger partial charge is 0.123 e. The molecule has 0 aliphatic heterocycles. The maximum atomic E-state index is 5.68. The van der Waals surface area contributed by atoms with E-state index in [1.807, 2.05) is 12.1 Å². The Kier molecular flexibility index (Phi) is 4.42. The van der Waals surface area contributed by atoms with Gasteiger partial charge in [-0.25, -0.2) is 0 Å². The van der Waals surface area contributed by atoms with Gasteiger partial charge in [0.2, 0.25) is 0 Å². The number of aryl methyl sites for hydroxylation is 1. The standard InChI is InChI=1S/C15H20N2O/c1-2-13-5-7-14(8-6-13)17(10-9-16)12-15-4-3-11-18-15/h3-8,11H,2,9-10,12,16H2,1H3. The normalized spacial score (nSPS) is 10.6. The van der Waals surface area contributed by atoms with Crippen molar-refractivity contribution in [2.75, 3.05) is 18.0 Å². The van der Waals surface area contributed by atoms with E-state index in [9.17, 15) is 0 Å². The van der Waals surface area contributed by atoms with Crippen LogP contribution in [0.5, 0.6) is 0 Å². The van der Waals surface area contributed by atoms with E-state index in [4.69, 9.17) is 10.2 Å². The minimum Gasteiger partial charge on any atom is -0.467 e. The zero-order valence-electron chi connectivity index (χ0n) is 10.8. The molecule has 2 aromatic rings. The van der Waals surface area contributed by atoms with Crippen LogP contribution in [0.3, 0.4) is 0 Å². The maximum Gasteiger partial charge on any atom is 0.123 e. The van der Waals surface area contributed by atoms with E-state index in [2.05, 4.69) is 36.1 Å². The first-order valence-corrected chi connectivity index (χ1v) is 6.40. The summed E-state index contributed by atoms with van der Waals surface area (Å²) in [6, 6.07) is 12.5. The van der Waals surface area contributed by atoms with Crippen molar-refractivity contribution in [3.8, 4) is 0 Å². The fraction of sp³-hybridized carbons (Fsp3) is 0.333. The molecule has 96 valence electrons. The Morgan fingerprint density at radius 2 is 1.94 bits per heavy atom. The van der Waals surface area contributed by atoms with E-state index in [0.29, 0.717) is 6.54 Å². The molecule has 0 spiro atoms. The van der Waals surface area contributed by atoms with Gasteiger partial charge in [-0.15, -0.1) is 0 Å². The second-order valence-corrected chi connectivity index (χ2v) is 4.31. The molecule has 1 heterocycles. The topological polar surface area (TPSA) is 42.4 Å². The summed E-state index contributed by atoms with van der Waals surface area (Å²) in [5.74, 6) is 0.961. The minimum atomic E-state index is 0.635. The van der Waals surface area contributed by atoms with Crippen molar-refractivity contribution in [1.82, 2.24) is 0 Å². The summed E-state index contributed by atoms with van der Waals surface area (Å²) in [5.41, 5.74) is 8.22. The first kappa shape index (κ1) is 12.7. The summed E-state index contributed by atoms with van der Waals surface area (Å²) in [5, 5.41) is 0. The number of nitrogens with zero attached hydrogens (tertiary/aromatic N) is 1. The van der Waals surface area contributed by atoms with Gasteiger partial charge in [0.15, 0.2) is 0 Å². The van der Waals surface area contributed by atoms with Gasteiger partial charge in [0.25, 0.3) is 0 Å². The molecule has 0 bridgehead atoms. The van der Waals surface area contributed by atoms with Crippen LogP contribution in [-0.4, -0.2) is 13.1 Å². The Bertz CT molecular complexity index is 448. The lowest BCUT2D eigenvalue weighted by Gasteiger charge is -2.23. The Balaban J connectivity index is 2.12. The Morgan fingerprint density at radius 3 is 2.50 bits per heavy atom. The van der Waals surface area contributed by atoms with E-state index >= 15 is 0 Å². The lowest BCUT2D eigenvalue weighted by atomic mass is 10.1. The summed E-state index contributed by atoms with van der Waals surface area (Å²) in [6.07, 6.45) is 2.77. The zero-order valence-corrected chi connectivity index (χ0v) is 10.8. The molecule has 2 N–H and O–H groups in total. The van der Waals surface area contributed by atoms with Crippen LogP contribution >= 0.6 is 0 Å². The Labute approximate surface area is 108 Å². The van der Waals surface area contributed by atoms with Crippen LogP contribution < -0.4 is 10.6 Å². The highest BCUT2D eigenvalue weighted by molar-refractivity contribution is 5.47. The molecule has 0 unspecified atom stereocenters. The molecule has 0 amide bonds. The van der Waals surface area contributed by atoms with Gasteiger partial charge in [-0.3, -0.25) is 0 Å². The van der Waals surface area contributed by atoms with E-state index in [0.717, 1.165) is 25.3 Å². The predicted octanol–water partition coefficient (Wildman–Crippen LogP) is 2.81. The molecule has 3 heteroatoms. The molecular formula is C15H20N2O. The fourth-order valence-electron chi connectivity index (χ4n) is 1.99. The zero-order chi connectivity index (χ0) is 12.8. The second kappa shape index (κ2) is 6.26. The number of rotatable bonds is 6. The molecule has 3 nitrogen and oxygen atoms in total. The van der Waals surface area contributed by atoms with Crippen molar-refractivity contribution in [1.29, 1.82) is 0 Å². The lowest BCUT2D eigenvalue weighted by molar-refractivity contribution is 0.502. The monoisotopic (exact) mass is 244 g/mol. The van der Waals surface area contributed by atoms with Gasteiger partial charge < -0.3 is 15.1 Å². The number of anilines is 1. The van der Waals surface area contributed by atoms with Crippen LogP contribution in [0.25, 0.3) is 0 Å². The van der Waals surface area contributed by atoms with Crippen molar-refractivity contribution < 1.29 is 4.42 Å². The largest absolute Gasteiger partial charge is 0.467 e. The van der Waals surface area contributed by atoms with Crippen LogP contribution in [0, 0.1) is 0 Å². The van der Waals surface area contributed by atoms with Gasteiger partial charge in [0.1, 0.15) is 5.76 Å². The molecule has 0 saturated carbocycles. The van der Waals surface area contributed by atoms with Gasteiger partial charge in [0, 0.05) is 18.8 Å². The van der Waals surface area contributed by atoms with E-state index in [-0.39, 0.29) is 0 Å². The molecule has 1 aromatic carbocycles. The van der Waals surface area contributed by atoms with Crippen molar-refractivity contribution in [2.24, 2.45) is 5.73 Å². The molecule has 1 aromatic heterocycles. The molecule has 0 saturated heterocycles. The third kappa shape index (κ3) is 3.14. The Hall–Kier alpha value is -1.74. The molecule has 0 radical (unpaired) electrons. The van der Waals surface area contributed by atoms with Gasteiger partial charge in [-0.1, -0.05) is 19.1 Å². The first-order valence-electron chi connectivity index (χ1n) is 6.40. The number of hydrogen-bond acceptors (Lipinski definition) is 3. The fourth-order valence-corrected chi connectivity index (χ4v) is 1.99. The summed E-state index contributed by atoms with van der Waals surface area (Å²) >= 11 is 0. The van der Waals surface area contributed by atoms with Crippen LogP contribution in [0.15, 0.2) is 47.1 Å². The van der Waals surface area contributed by atoms with Crippen LogP contribution in [0.4, 0.5) is 5.69 Å². The highest BCUT2D eigenvalue weighted by atomic mass is 16.3. The number of nitrogens with two attached hydrogens (primary N) is 1. The van der Waals surface area contributed by atoms with Crippen molar-refractivity contribution in [3.63, 3.8) is 0 Å². The van der Waals surface area contributed by atoms with E-state index in [1.165, 1.54) is 11.3 Å². The SMILES string of the molecule is CCc1ccc(N(CCN)Cc2ccco2)cc1. The third-order valence-electron chi connectivity index (χ3n) is 3.04. The van der Waals surface area contributed by atoms with Crippen LogP contribution in [0.1, 0.15) is 18.2 Å². The molecule has 0 fully saturated rings. The lowest BCUT2D eigenvalue weighted by Crippen LogP contribution is -2.28. The van der Waals surface area contributed by atoms with Crippen molar-refractivity contribution in [2.45, 2.75) is 19.9 Å². The summed E-state index contributed by atoms with van der Waals surface area (Å²) < 4.78 is 5.39. The highest BCUT2D eigenvalue weighted by Gasteiger charge is 2.08. The first-order chi connectivity index (χ1) is 8.83. The molecule has 0 aliphatic carbocycles. The molecule has 0 aliphatic rings. The highest BCUT2D eigenvalue weighted by Crippen LogP contribution is 2.18. The van der Waals surface area contributed by atoms with Crippen LogP contribution in [-0.2, 0) is 13.0 Å². The quantitative estimate of drug-likeness (QED) is 0.849. The third-order valence-corrected chi connectivity index (χ3v) is 3.04. The summed E-state index contributed by atoms with van der Waals surface area (Å²) in [4.78, 5) is 2.23. The molecule has 2 rings (SSSR count). The minimum absolute atomic E-state index is 0.635. The van der Waals surface area contributed by atoms with Crippen molar-refractivity contribution in [3.05, 3.63) is 54.0 Å². The van der Waals surface area contributed by atoms with E-state index < -0.39 is 0 Å². The average molecular weight is 244 g/mol. The predicted molar refractivity (Wildman–Crippen MR) is 74.6 cm³/mol. The summed E-state index contributed by atoms with van der Waals surface area (Å²) in [7, 11) is 0. The van der Waals surface area contributed by atoms with Gasteiger partial charge in [-0.05, 0) is 36.2 Å². The van der Waals surface area contributed by atoms with Gasteiger partial charge in [-0.2, -0.15) is 0 Å². The molecule has 18 heavy (non-hydrogen) atoms. The number of furan rings is 1. The Morgan fingerprint density at radius 1 is 1.17 bits per heavy atom. The molecular weight excluding hydrogens is 224 g/mol. The number of hydrogen-bond donors (Lipinski definition) is 1. The molecule has 0 atom stereocenters. The van der Waals surface area contributed by atoms with Crippen molar-refractivity contribution >= 4 is 5.69 Å². The van der Waals surface area contributed by atoms with Gasteiger partial charge in [0.05, 0.1) is 12.8 Å². The number of benzene rings is 1.